The molecule has 0 radical (unpaired) electrons. The second-order valence-electron chi connectivity index (χ2n) is 24.4. The lowest BCUT2D eigenvalue weighted by Crippen LogP contribution is -2.51. The number of nitrogens with zero attached hydrogens (tertiary/aromatic N) is 4. The van der Waals surface area contributed by atoms with Crippen molar-refractivity contribution >= 4 is 23.9 Å². The third kappa shape index (κ3) is 13.9. The number of carboxylic acid groups (broad SMARTS) is 1. The molecule has 4 aliphatic carbocycles. The lowest BCUT2D eigenvalue weighted by atomic mass is 9.47. The van der Waals surface area contributed by atoms with Gasteiger partial charge in [-0.05, 0) is 151 Å². The Kier molecular flexibility index (Phi) is 20.1. The highest BCUT2D eigenvalue weighted by Crippen LogP contribution is 2.67. The number of hydrogen-bond donors (Lipinski definition) is 2. The largest absolute Gasteiger partial charge is 0.497 e. The van der Waals surface area contributed by atoms with E-state index in [0.29, 0.717) is 48.6 Å². The van der Waals surface area contributed by atoms with Gasteiger partial charge in [0.25, 0.3) is 0 Å². The number of amides is 2. The number of nitrogens with one attached hydrogen (secondary N) is 1. The highest BCUT2D eigenvalue weighted by atomic mass is 16.6. The number of aliphatic carboxylic acids is 1. The minimum atomic E-state index is -1.22. The molecular formula is C64H87N5O10. The number of hydrogen-bond acceptors (Lipinski definition) is 10. The number of likely N-dealkylation sites (tertiary alicyclic amines) is 1. The highest BCUT2D eigenvalue weighted by molar-refractivity contribution is 5.78. The first-order valence-electron chi connectivity index (χ1n) is 29.5. The van der Waals surface area contributed by atoms with Crippen molar-refractivity contribution in [2.45, 2.75) is 162 Å². The van der Waals surface area contributed by atoms with Crippen molar-refractivity contribution in [3.63, 3.8) is 0 Å². The Bertz CT molecular complexity index is 2610. The van der Waals surface area contributed by atoms with Gasteiger partial charge in [0.1, 0.15) is 29.3 Å². The second-order valence-corrected chi connectivity index (χ2v) is 24.4. The molecule has 0 aromatic heterocycles. The van der Waals surface area contributed by atoms with E-state index in [0.717, 1.165) is 65.5 Å². The van der Waals surface area contributed by atoms with Crippen LogP contribution in [0.5, 0.6) is 11.5 Å². The molecule has 11 atom stereocenters. The van der Waals surface area contributed by atoms with Crippen LogP contribution in [0.15, 0.2) is 95.6 Å². The molecule has 3 saturated carbocycles. The quantitative estimate of drug-likeness (QED) is 0.0148. The number of carbonyl (C=O) groups excluding carboxylic acids is 3. The Morgan fingerprint density at radius 3 is 2.23 bits per heavy atom. The van der Waals surface area contributed by atoms with Crippen LogP contribution in [-0.4, -0.2) is 86.2 Å². The van der Waals surface area contributed by atoms with Crippen molar-refractivity contribution in [1.82, 2.24) is 10.2 Å². The van der Waals surface area contributed by atoms with Crippen LogP contribution in [0.25, 0.3) is 10.4 Å². The number of azide groups is 1. The molecular weight excluding hydrogens is 999 g/mol. The van der Waals surface area contributed by atoms with Gasteiger partial charge in [-0.3, -0.25) is 14.4 Å². The lowest BCUT2D eigenvalue weighted by Gasteiger charge is -2.58. The number of unbranched alkanes of at least 4 members (excludes halogenated alkanes) is 2. The number of carbonyl (C=O) groups is 4. The fourth-order valence-electron chi connectivity index (χ4n) is 15.0. The molecule has 3 aromatic rings. The molecule has 15 heteroatoms. The molecule has 1 heterocycles. The number of alkyl carbamates (subject to hydrolysis) is 1. The Hall–Kier alpha value is -6.05. The standard InChI is InChI=1S/C64H87N5O10/c1-43(2)14-13-15-44(3)54-29-30-55-53-28-23-49-38-52(33-35-62(49,4)56(53)34-36-63(54,55)5)78-61(74)66-37-12-8-11-18-58(70)69-39-45(57(40-69)79-60(73)32-31-59(71)72)41-77-64(46-16-9-7-10-17-46,47-19-24-50(75-6)25-20-47)48-21-26-51(27-22-48)76-42-67-68-65/h7,9-10,16-17,19-27,43-45,52-57H,8,11-15,18,28-42H2,1-6H3,(H,66,74)(H,71,72)/t44?,45?,52?,53?,54-,55?,56+,57?,62+,63-,64?/m1/s1. The normalized spacial score (nSPS) is 27.2. The summed E-state index contributed by atoms with van der Waals surface area (Å²) in [7, 11) is 1.60. The molecule has 15 nitrogen and oxygen atoms in total. The second kappa shape index (κ2) is 26.9. The number of fused-ring (bicyclic) bond motifs is 5. The summed E-state index contributed by atoms with van der Waals surface area (Å²) >= 11 is 0. The Labute approximate surface area is 468 Å². The zero-order chi connectivity index (χ0) is 56.2. The average molecular weight is 1090 g/mol. The molecule has 2 N–H and O–H groups in total. The molecule has 79 heavy (non-hydrogen) atoms. The summed E-state index contributed by atoms with van der Waals surface area (Å²) in [5, 5.41) is 15.8. The number of benzene rings is 3. The van der Waals surface area contributed by atoms with Gasteiger partial charge in [0.05, 0.1) is 33.1 Å². The van der Waals surface area contributed by atoms with Crippen LogP contribution in [0, 0.1) is 52.3 Å². The number of rotatable bonds is 26. The molecule has 4 fully saturated rings. The van der Waals surface area contributed by atoms with Gasteiger partial charge < -0.3 is 39.0 Å². The molecule has 1 aliphatic heterocycles. The van der Waals surface area contributed by atoms with E-state index in [1.54, 1.807) is 24.1 Å². The molecule has 7 unspecified atom stereocenters. The van der Waals surface area contributed by atoms with E-state index in [1.165, 1.54) is 56.9 Å². The van der Waals surface area contributed by atoms with Crippen LogP contribution in [0.1, 0.15) is 160 Å². The van der Waals surface area contributed by atoms with Crippen molar-refractivity contribution < 1.29 is 48.0 Å². The van der Waals surface area contributed by atoms with Crippen LogP contribution >= 0.6 is 0 Å². The van der Waals surface area contributed by atoms with Gasteiger partial charge in [-0.15, -0.1) is 0 Å². The number of ether oxygens (including phenoxy) is 5. The Morgan fingerprint density at radius 1 is 0.810 bits per heavy atom. The zero-order valence-electron chi connectivity index (χ0n) is 47.7. The summed E-state index contributed by atoms with van der Waals surface area (Å²) in [5.74, 6) is 3.53. The number of methoxy groups -OCH3 is 1. The SMILES string of the molecule is COc1ccc(C(OCC2CN(C(=O)CCCCCNC(=O)OC3CC[C@@]4(C)C(=CCC5C6CC[C@H](C(C)CCCC(C)C)[C@@]6(C)CC[C@@H]54)C3)CC2OC(=O)CCC(=O)O)(c2ccccc2)c2ccc(OCN=[N+]=[N-])cc2)cc1. The van der Waals surface area contributed by atoms with Gasteiger partial charge in [0, 0.05) is 36.8 Å². The maximum atomic E-state index is 13.9. The molecule has 8 rings (SSSR count). The fourth-order valence-corrected chi connectivity index (χ4v) is 15.0. The van der Waals surface area contributed by atoms with E-state index in [9.17, 15) is 24.3 Å². The smallest absolute Gasteiger partial charge is 0.407 e. The summed E-state index contributed by atoms with van der Waals surface area (Å²) in [6.45, 7) is 13.1. The average Bonchev–Trinajstić information content (AvgIpc) is 4.28. The van der Waals surface area contributed by atoms with E-state index < -0.39 is 29.6 Å². The summed E-state index contributed by atoms with van der Waals surface area (Å²) in [6, 6.07) is 24.6. The van der Waals surface area contributed by atoms with Crippen molar-refractivity contribution in [1.29, 1.82) is 0 Å². The Balaban J connectivity index is 0.838. The maximum Gasteiger partial charge on any atom is 0.407 e. The molecule has 5 aliphatic rings. The lowest BCUT2D eigenvalue weighted by molar-refractivity contribution is -0.154. The monoisotopic (exact) mass is 1090 g/mol. The first-order valence-corrected chi connectivity index (χ1v) is 29.5. The van der Waals surface area contributed by atoms with E-state index in [2.05, 4.69) is 56.0 Å². The van der Waals surface area contributed by atoms with Crippen LogP contribution < -0.4 is 14.8 Å². The van der Waals surface area contributed by atoms with E-state index in [-0.39, 0.29) is 69.2 Å². The predicted molar refractivity (Wildman–Crippen MR) is 303 cm³/mol. The number of carboxylic acids is 1. The van der Waals surface area contributed by atoms with Crippen LogP contribution in [0.2, 0.25) is 0 Å². The van der Waals surface area contributed by atoms with E-state index in [1.807, 2.05) is 66.7 Å². The van der Waals surface area contributed by atoms with Crippen molar-refractivity contribution in [3.05, 3.63) is 118 Å². The summed E-state index contributed by atoms with van der Waals surface area (Å²) in [6.07, 6.45) is 16.3. The minimum Gasteiger partial charge on any atom is -0.497 e. The van der Waals surface area contributed by atoms with Gasteiger partial charge in [-0.1, -0.05) is 132 Å². The van der Waals surface area contributed by atoms with Gasteiger partial charge in [-0.2, -0.15) is 0 Å². The highest BCUT2D eigenvalue weighted by Gasteiger charge is 2.59. The minimum absolute atomic E-state index is 0.0515. The number of allylic oxidation sites excluding steroid dienone is 1. The molecule has 0 bridgehead atoms. The first-order chi connectivity index (χ1) is 38.1. The predicted octanol–water partition coefficient (Wildman–Crippen LogP) is 13.6. The zero-order valence-corrected chi connectivity index (χ0v) is 47.7. The summed E-state index contributed by atoms with van der Waals surface area (Å²) in [5.41, 5.74) is 12.0. The van der Waals surface area contributed by atoms with Crippen molar-refractivity contribution in [3.8, 4) is 11.5 Å². The first kappa shape index (κ1) is 59.1. The topological polar surface area (TPSA) is 199 Å². The molecule has 1 saturated heterocycles. The van der Waals surface area contributed by atoms with Crippen LogP contribution in [0.4, 0.5) is 4.79 Å². The van der Waals surface area contributed by atoms with Gasteiger partial charge in [0.15, 0.2) is 6.73 Å². The summed E-state index contributed by atoms with van der Waals surface area (Å²) < 4.78 is 30.4. The van der Waals surface area contributed by atoms with Crippen molar-refractivity contribution in [2.75, 3.05) is 40.1 Å². The third-order valence-electron chi connectivity index (χ3n) is 19.2. The van der Waals surface area contributed by atoms with Gasteiger partial charge in [0.2, 0.25) is 5.91 Å². The van der Waals surface area contributed by atoms with Gasteiger partial charge >= 0.3 is 18.0 Å². The van der Waals surface area contributed by atoms with Crippen LogP contribution in [0.3, 0.4) is 0 Å². The van der Waals surface area contributed by atoms with Crippen LogP contribution in [-0.2, 0) is 34.2 Å². The molecule has 0 spiro atoms. The number of esters is 1. The Morgan fingerprint density at radius 2 is 1.53 bits per heavy atom. The molecule has 3 aromatic carbocycles. The van der Waals surface area contributed by atoms with Gasteiger partial charge in [-0.25, -0.2) is 4.79 Å². The fraction of sp³-hybridized carbons (Fsp3) is 0.625. The summed E-state index contributed by atoms with van der Waals surface area (Å²) in [4.78, 5) is 56.1. The molecule has 428 valence electrons. The van der Waals surface area contributed by atoms with E-state index in [4.69, 9.17) is 29.2 Å². The maximum absolute atomic E-state index is 13.9. The van der Waals surface area contributed by atoms with Crippen molar-refractivity contribution in [2.24, 2.45) is 57.4 Å². The van der Waals surface area contributed by atoms with E-state index >= 15 is 0 Å². The molecule has 2 amide bonds. The third-order valence-corrected chi connectivity index (χ3v) is 19.2.